The summed E-state index contributed by atoms with van der Waals surface area (Å²) in [6.45, 7) is 16.3. The second-order valence-corrected chi connectivity index (χ2v) is 18.6. The van der Waals surface area contributed by atoms with Crippen LogP contribution in [-0.2, 0) is 44.6 Å². The average Bonchev–Trinajstić information content (AvgIpc) is 3.13. The molecule has 1 aliphatic carbocycles. The lowest BCUT2D eigenvalue weighted by atomic mass is 9.81. The lowest BCUT2D eigenvalue weighted by Crippen LogP contribution is -2.53. The summed E-state index contributed by atoms with van der Waals surface area (Å²) >= 11 is 0. The average molecular weight is 824 g/mol. The summed E-state index contributed by atoms with van der Waals surface area (Å²) in [5.74, 6) is -2.16. The first kappa shape index (κ1) is 48.6. The van der Waals surface area contributed by atoms with Crippen LogP contribution in [0.5, 0.6) is 0 Å². The highest BCUT2D eigenvalue weighted by molar-refractivity contribution is 5.90. The summed E-state index contributed by atoms with van der Waals surface area (Å²) in [4.78, 5) is 79.3. The predicted octanol–water partition coefficient (Wildman–Crippen LogP) is 5.76. The van der Waals surface area contributed by atoms with Gasteiger partial charge in [0, 0.05) is 25.3 Å². The molecule has 14 nitrogen and oxygen atoms in total. The third kappa shape index (κ3) is 18.4. The number of hydrogen-bond acceptors (Lipinski definition) is 10. The Bertz CT molecular complexity index is 1740. The molecule has 0 saturated heterocycles. The van der Waals surface area contributed by atoms with Crippen LogP contribution < -0.4 is 27.0 Å². The molecule has 0 radical (unpaired) electrons. The second-order valence-electron chi connectivity index (χ2n) is 18.6. The first-order valence-electron chi connectivity index (χ1n) is 21.0. The van der Waals surface area contributed by atoms with Crippen molar-refractivity contribution in [1.29, 1.82) is 0 Å². The number of amides is 4. The first-order valence-corrected chi connectivity index (χ1v) is 21.0. The summed E-state index contributed by atoms with van der Waals surface area (Å²) in [7, 11) is 0. The van der Waals surface area contributed by atoms with E-state index in [1.807, 2.05) is 42.5 Å². The molecule has 1 saturated carbocycles. The van der Waals surface area contributed by atoms with E-state index >= 15 is 0 Å². The molecule has 59 heavy (non-hydrogen) atoms. The maximum absolute atomic E-state index is 13.7. The molecule has 328 valence electrons. The van der Waals surface area contributed by atoms with Gasteiger partial charge in [0.05, 0.1) is 0 Å². The second kappa shape index (κ2) is 22.0. The highest BCUT2D eigenvalue weighted by Gasteiger charge is 2.32. The molecular formula is C45H69N5O9. The van der Waals surface area contributed by atoms with Crippen molar-refractivity contribution in [3.63, 3.8) is 0 Å². The predicted molar refractivity (Wildman–Crippen MR) is 227 cm³/mol. The zero-order chi connectivity index (χ0) is 44.0. The number of unbranched alkanes of at least 4 members (excludes halogenated alkanes) is 1. The zero-order valence-electron chi connectivity index (χ0n) is 36.7. The Morgan fingerprint density at radius 2 is 1.24 bits per heavy atom. The minimum Gasteiger partial charge on any atom is -0.460 e. The van der Waals surface area contributed by atoms with E-state index in [0.717, 1.165) is 42.0 Å². The molecule has 1 fully saturated rings. The fraction of sp³-hybridized carbons (Fsp3) is 0.644. The Balaban J connectivity index is 1.65. The van der Waals surface area contributed by atoms with Crippen LogP contribution in [0.25, 0.3) is 10.8 Å². The molecule has 0 aromatic heterocycles. The Morgan fingerprint density at radius 1 is 0.678 bits per heavy atom. The summed E-state index contributed by atoms with van der Waals surface area (Å²) in [6.07, 6.45) is 4.31. The summed E-state index contributed by atoms with van der Waals surface area (Å²) in [5, 5.41) is 13.3. The fourth-order valence-corrected chi connectivity index (χ4v) is 6.83. The minimum atomic E-state index is -1.21. The molecule has 0 heterocycles. The van der Waals surface area contributed by atoms with Gasteiger partial charge in [-0.05, 0) is 142 Å². The van der Waals surface area contributed by atoms with Crippen LogP contribution in [0.3, 0.4) is 0 Å². The van der Waals surface area contributed by atoms with Crippen molar-refractivity contribution >= 4 is 46.5 Å². The van der Waals surface area contributed by atoms with Gasteiger partial charge in [-0.2, -0.15) is 0 Å². The van der Waals surface area contributed by atoms with Crippen LogP contribution in [0.15, 0.2) is 42.5 Å². The smallest absolute Gasteiger partial charge is 0.329 e. The molecule has 1 aliphatic rings. The van der Waals surface area contributed by atoms with E-state index in [-0.39, 0.29) is 43.5 Å². The Labute approximate surface area is 350 Å². The topological polar surface area (TPSA) is 204 Å². The fourth-order valence-electron chi connectivity index (χ4n) is 6.83. The van der Waals surface area contributed by atoms with Crippen molar-refractivity contribution in [3.8, 4) is 0 Å². The monoisotopic (exact) mass is 824 g/mol. The Kier molecular flexibility index (Phi) is 18.2. The van der Waals surface area contributed by atoms with E-state index in [2.05, 4.69) is 21.3 Å². The summed E-state index contributed by atoms with van der Waals surface area (Å²) < 4.78 is 16.5. The van der Waals surface area contributed by atoms with Gasteiger partial charge in [-0.1, -0.05) is 42.5 Å². The van der Waals surface area contributed by atoms with Gasteiger partial charge in [0.2, 0.25) is 11.8 Å². The van der Waals surface area contributed by atoms with E-state index in [9.17, 15) is 28.8 Å². The van der Waals surface area contributed by atoms with Crippen LogP contribution in [-0.4, -0.2) is 83.8 Å². The van der Waals surface area contributed by atoms with E-state index in [4.69, 9.17) is 19.9 Å². The maximum atomic E-state index is 13.7. The summed E-state index contributed by atoms with van der Waals surface area (Å²) in [5.41, 5.74) is 4.35. The SMILES string of the molecule is CC(C)(C)OC(=O)CC[C@@H](NC(=O)N[C@@H](CCCCNC(=O)[C@H](Cc1ccc2ccccc2c1)NC(=O)C1CCC(CN)CC1)C(=O)OC(C)(C)C)C(=O)OC(C)(C)C. The van der Waals surface area contributed by atoms with E-state index in [0.29, 0.717) is 31.7 Å². The van der Waals surface area contributed by atoms with Crippen LogP contribution in [0, 0.1) is 11.8 Å². The number of nitrogens with one attached hydrogen (secondary N) is 4. The van der Waals surface area contributed by atoms with Gasteiger partial charge in [0.1, 0.15) is 34.9 Å². The maximum Gasteiger partial charge on any atom is 0.329 e. The number of nitrogens with two attached hydrogens (primary N) is 1. The normalized spacial score (nSPS) is 17.5. The van der Waals surface area contributed by atoms with Crippen molar-refractivity contribution in [2.45, 2.75) is 161 Å². The number of ether oxygens (including phenoxy) is 3. The van der Waals surface area contributed by atoms with Crippen molar-refractivity contribution < 1.29 is 43.0 Å². The largest absolute Gasteiger partial charge is 0.460 e. The lowest BCUT2D eigenvalue weighted by molar-refractivity contribution is -0.159. The summed E-state index contributed by atoms with van der Waals surface area (Å²) in [6, 6.07) is 10.0. The number of hydrogen-bond donors (Lipinski definition) is 5. The van der Waals surface area contributed by atoms with E-state index in [1.165, 1.54) is 0 Å². The van der Waals surface area contributed by atoms with Crippen LogP contribution in [0.1, 0.15) is 126 Å². The number of benzene rings is 2. The van der Waals surface area contributed by atoms with Gasteiger partial charge in [-0.3, -0.25) is 14.4 Å². The molecule has 0 aliphatic heterocycles. The molecule has 3 rings (SSSR count). The Hall–Kier alpha value is -4.72. The van der Waals surface area contributed by atoms with Gasteiger partial charge in [0.15, 0.2) is 0 Å². The van der Waals surface area contributed by atoms with E-state index < -0.39 is 58.9 Å². The van der Waals surface area contributed by atoms with Gasteiger partial charge in [0.25, 0.3) is 0 Å². The zero-order valence-corrected chi connectivity index (χ0v) is 36.7. The van der Waals surface area contributed by atoms with Crippen molar-refractivity contribution in [1.82, 2.24) is 21.3 Å². The molecule has 2 aromatic carbocycles. The standard InChI is InChI=1S/C45H69N5O9/c1-43(2,3)57-37(51)24-23-35(41(55)59-45(7,8)9)50-42(56)49-34(40(54)58-44(4,5)6)16-12-13-25-47-39(53)36(48-38(52)32-21-17-29(28-46)18-22-32)27-30-19-20-31-14-10-11-15-33(31)26-30/h10-11,14-15,19-20,26,29,32,34-36H,12-13,16-18,21-25,27-28,46H2,1-9H3,(H,47,53)(H,48,52)(H2,49,50,56)/t29?,32?,34-,35+,36-/m0/s1. The van der Waals surface area contributed by atoms with E-state index in [1.54, 1.807) is 62.3 Å². The van der Waals surface area contributed by atoms with Gasteiger partial charge in [-0.25, -0.2) is 14.4 Å². The molecule has 0 spiro atoms. The lowest BCUT2D eigenvalue weighted by Gasteiger charge is -2.28. The first-order chi connectivity index (χ1) is 27.5. The van der Waals surface area contributed by atoms with Crippen LogP contribution in [0.4, 0.5) is 4.79 Å². The molecular weight excluding hydrogens is 755 g/mol. The van der Waals surface area contributed by atoms with Crippen molar-refractivity contribution in [3.05, 3.63) is 48.0 Å². The number of carbonyl (C=O) groups excluding carboxylic acids is 6. The van der Waals surface area contributed by atoms with Gasteiger partial charge < -0.3 is 41.2 Å². The number of rotatable bonds is 18. The molecule has 0 bridgehead atoms. The van der Waals surface area contributed by atoms with Gasteiger partial charge in [-0.15, -0.1) is 0 Å². The van der Waals surface area contributed by atoms with Crippen LogP contribution >= 0.6 is 0 Å². The number of carbonyl (C=O) groups is 6. The number of urea groups is 1. The Morgan fingerprint density at radius 3 is 1.80 bits per heavy atom. The molecule has 14 heteroatoms. The third-order valence-corrected chi connectivity index (χ3v) is 9.71. The molecule has 0 unspecified atom stereocenters. The van der Waals surface area contributed by atoms with Crippen molar-refractivity contribution in [2.75, 3.05) is 13.1 Å². The highest BCUT2D eigenvalue weighted by atomic mass is 16.6. The molecule has 3 atom stereocenters. The van der Waals surface area contributed by atoms with Crippen molar-refractivity contribution in [2.24, 2.45) is 17.6 Å². The third-order valence-electron chi connectivity index (χ3n) is 9.71. The highest BCUT2D eigenvalue weighted by Crippen LogP contribution is 2.28. The van der Waals surface area contributed by atoms with Gasteiger partial charge >= 0.3 is 23.9 Å². The number of fused-ring (bicyclic) bond motifs is 1. The minimum absolute atomic E-state index is 0.0915. The number of esters is 3. The van der Waals surface area contributed by atoms with Crippen LogP contribution in [0.2, 0.25) is 0 Å². The quantitative estimate of drug-likeness (QED) is 0.0699. The molecule has 4 amide bonds. The molecule has 6 N–H and O–H groups in total. The molecule has 2 aromatic rings.